The van der Waals surface area contributed by atoms with Crippen LogP contribution in [0.25, 0.3) is 0 Å². The highest BCUT2D eigenvalue weighted by molar-refractivity contribution is 5.88. The van der Waals surface area contributed by atoms with Crippen LogP contribution >= 0.6 is 12.4 Å². The van der Waals surface area contributed by atoms with Crippen molar-refractivity contribution in [2.24, 2.45) is 0 Å². The van der Waals surface area contributed by atoms with Gasteiger partial charge in [-0.1, -0.05) is 0 Å². The van der Waals surface area contributed by atoms with Gasteiger partial charge in [0.15, 0.2) is 0 Å². The zero-order valence-corrected chi connectivity index (χ0v) is 7.99. The van der Waals surface area contributed by atoms with Crippen molar-refractivity contribution < 1.29 is 4.79 Å². The van der Waals surface area contributed by atoms with Crippen molar-refractivity contribution in [3.05, 3.63) is 0 Å². The van der Waals surface area contributed by atoms with Gasteiger partial charge in [0.25, 0.3) is 0 Å². The molecule has 0 aromatic heterocycles. The average molecular weight is 179 g/mol. The molecule has 0 unspecified atom stereocenters. The molecule has 0 atom stereocenters. The molecule has 66 valence electrons. The standard InChI is InChI=1S/C7H14N2O.ClH/c1-8-7(4-5-7)6(10)9(2)3;/h8H,4-5H2,1-3H3;1H. The largest absolute Gasteiger partial charge is 0.347 e. The van der Waals surface area contributed by atoms with Gasteiger partial charge in [0, 0.05) is 14.1 Å². The number of carbonyl (C=O) groups excluding carboxylic acids is 1. The van der Waals surface area contributed by atoms with Gasteiger partial charge in [0.05, 0.1) is 5.54 Å². The number of likely N-dealkylation sites (N-methyl/N-ethyl adjacent to an activating group) is 2. The Morgan fingerprint density at radius 1 is 1.45 bits per heavy atom. The van der Waals surface area contributed by atoms with Crippen molar-refractivity contribution in [2.45, 2.75) is 18.4 Å². The monoisotopic (exact) mass is 178 g/mol. The molecule has 0 bridgehead atoms. The molecule has 1 fully saturated rings. The van der Waals surface area contributed by atoms with E-state index < -0.39 is 0 Å². The maximum Gasteiger partial charge on any atom is 0.242 e. The Balaban J connectivity index is 0.000001000. The van der Waals surface area contributed by atoms with Crippen molar-refractivity contribution in [3.8, 4) is 0 Å². The second-order valence-corrected chi connectivity index (χ2v) is 3.03. The molecule has 1 aliphatic rings. The molecule has 0 radical (unpaired) electrons. The Hall–Kier alpha value is -0.280. The normalized spacial score (nSPS) is 18.5. The zero-order chi connectivity index (χ0) is 7.78. The lowest BCUT2D eigenvalue weighted by Crippen LogP contribution is -2.44. The molecule has 0 aromatic rings. The molecular formula is C7H15ClN2O. The molecule has 0 spiro atoms. The molecule has 1 amide bonds. The van der Waals surface area contributed by atoms with Gasteiger partial charge in [-0.2, -0.15) is 0 Å². The first-order chi connectivity index (χ1) is 4.62. The van der Waals surface area contributed by atoms with Crippen LogP contribution in [0.1, 0.15) is 12.8 Å². The number of halogens is 1. The Kier molecular flexibility index (Phi) is 3.32. The van der Waals surface area contributed by atoms with Crippen molar-refractivity contribution in [2.75, 3.05) is 21.1 Å². The van der Waals surface area contributed by atoms with E-state index >= 15 is 0 Å². The third-order valence-corrected chi connectivity index (χ3v) is 2.04. The quantitative estimate of drug-likeness (QED) is 0.658. The third-order valence-electron chi connectivity index (χ3n) is 2.04. The van der Waals surface area contributed by atoms with Crippen molar-refractivity contribution in [1.29, 1.82) is 0 Å². The molecule has 1 N–H and O–H groups in total. The highest BCUT2D eigenvalue weighted by Gasteiger charge is 2.49. The van der Waals surface area contributed by atoms with Crippen LogP contribution < -0.4 is 5.32 Å². The van der Waals surface area contributed by atoms with E-state index in [-0.39, 0.29) is 23.9 Å². The molecule has 4 heteroatoms. The van der Waals surface area contributed by atoms with Gasteiger partial charge in [0.1, 0.15) is 0 Å². The van der Waals surface area contributed by atoms with Crippen LogP contribution in [0.3, 0.4) is 0 Å². The van der Waals surface area contributed by atoms with E-state index in [0.29, 0.717) is 0 Å². The third kappa shape index (κ3) is 1.84. The number of amides is 1. The first kappa shape index (κ1) is 10.7. The molecule has 1 saturated carbocycles. The summed E-state index contributed by atoms with van der Waals surface area (Å²) in [4.78, 5) is 13.0. The molecule has 1 rings (SSSR count). The second kappa shape index (κ2) is 3.41. The topological polar surface area (TPSA) is 32.3 Å². The van der Waals surface area contributed by atoms with Crippen LogP contribution in [-0.2, 0) is 4.79 Å². The van der Waals surface area contributed by atoms with Crippen molar-refractivity contribution in [3.63, 3.8) is 0 Å². The Labute approximate surface area is 73.5 Å². The summed E-state index contributed by atoms with van der Waals surface area (Å²) in [6, 6.07) is 0. The smallest absolute Gasteiger partial charge is 0.242 e. The van der Waals surface area contributed by atoms with Crippen LogP contribution in [-0.4, -0.2) is 37.5 Å². The van der Waals surface area contributed by atoms with Gasteiger partial charge in [0.2, 0.25) is 5.91 Å². The predicted molar refractivity (Wildman–Crippen MR) is 47.0 cm³/mol. The minimum Gasteiger partial charge on any atom is -0.347 e. The van der Waals surface area contributed by atoms with Gasteiger partial charge in [-0.15, -0.1) is 12.4 Å². The number of nitrogens with zero attached hydrogens (tertiary/aromatic N) is 1. The van der Waals surface area contributed by atoms with Crippen LogP contribution in [0, 0.1) is 0 Å². The molecule has 1 aliphatic carbocycles. The van der Waals surface area contributed by atoms with E-state index in [1.54, 1.807) is 19.0 Å². The Bertz CT molecular complexity index is 155. The van der Waals surface area contributed by atoms with Gasteiger partial charge in [-0.25, -0.2) is 0 Å². The summed E-state index contributed by atoms with van der Waals surface area (Å²) >= 11 is 0. The summed E-state index contributed by atoms with van der Waals surface area (Å²) < 4.78 is 0. The van der Waals surface area contributed by atoms with Crippen LogP contribution in [0.2, 0.25) is 0 Å². The first-order valence-electron chi connectivity index (χ1n) is 3.53. The van der Waals surface area contributed by atoms with Crippen LogP contribution in [0.5, 0.6) is 0 Å². The molecule has 0 aromatic carbocycles. The maximum absolute atomic E-state index is 11.3. The number of hydrogen-bond acceptors (Lipinski definition) is 2. The average Bonchev–Trinajstić information content (AvgIpc) is 2.66. The molecule has 0 saturated heterocycles. The number of carbonyl (C=O) groups is 1. The second-order valence-electron chi connectivity index (χ2n) is 3.03. The minimum absolute atomic E-state index is 0. The van der Waals surface area contributed by atoms with Crippen LogP contribution in [0.15, 0.2) is 0 Å². The molecular weight excluding hydrogens is 164 g/mol. The van der Waals surface area contributed by atoms with Gasteiger partial charge in [-0.05, 0) is 19.9 Å². The fraction of sp³-hybridized carbons (Fsp3) is 0.857. The summed E-state index contributed by atoms with van der Waals surface area (Å²) in [6.45, 7) is 0. The Morgan fingerprint density at radius 3 is 2.00 bits per heavy atom. The fourth-order valence-corrected chi connectivity index (χ4v) is 1.12. The van der Waals surface area contributed by atoms with E-state index in [1.807, 2.05) is 7.05 Å². The lowest BCUT2D eigenvalue weighted by Gasteiger charge is -2.18. The summed E-state index contributed by atoms with van der Waals surface area (Å²) in [5.41, 5.74) is -0.191. The maximum atomic E-state index is 11.3. The summed E-state index contributed by atoms with van der Waals surface area (Å²) in [5, 5.41) is 3.04. The number of rotatable bonds is 2. The molecule has 0 heterocycles. The van der Waals surface area contributed by atoms with Gasteiger partial charge in [-0.3, -0.25) is 4.79 Å². The number of hydrogen-bond donors (Lipinski definition) is 1. The van der Waals surface area contributed by atoms with Crippen LogP contribution in [0.4, 0.5) is 0 Å². The number of nitrogens with one attached hydrogen (secondary N) is 1. The Morgan fingerprint density at radius 2 is 1.91 bits per heavy atom. The minimum atomic E-state index is -0.191. The van der Waals surface area contributed by atoms with E-state index in [0.717, 1.165) is 12.8 Å². The first-order valence-corrected chi connectivity index (χ1v) is 3.53. The lowest BCUT2D eigenvalue weighted by atomic mass is 10.2. The molecule has 11 heavy (non-hydrogen) atoms. The summed E-state index contributed by atoms with van der Waals surface area (Å²) in [6.07, 6.45) is 1.97. The van der Waals surface area contributed by atoms with Crippen molar-refractivity contribution >= 4 is 18.3 Å². The molecule has 3 nitrogen and oxygen atoms in total. The SMILES string of the molecule is CNC1(C(=O)N(C)C)CC1.Cl. The summed E-state index contributed by atoms with van der Waals surface area (Å²) in [7, 11) is 5.42. The fourth-order valence-electron chi connectivity index (χ4n) is 1.12. The van der Waals surface area contributed by atoms with E-state index in [4.69, 9.17) is 0 Å². The highest BCUT2D eigenvalue weighted by Crippen LogP contribution is 2.35. The van der Waals surface area contributed by atoms with Gasteiger partial charge < -0.3 is 10.2 Å². The van der Waals surface area contributed by atoms with Gasteiger partial charge >= 0.3 is 0 Å². The molecule has 0 aliphatic heterocycles. The highest BCUT2D eigenvalue weighted by atomic mass is 35.5. The summed E-state index contributed by atoms with van der Waals surface area (Å²) in [5.74, 6) is 0.204. The zero-order valence-electron chi connectivity index (χ0n) is 7.18. The predicted octanol–water partition coefficient (Wildman–Crippen LogP) is 0.248. The van der Waals surface area contributed by atoms with E-state index in [9.17, 15) is 4.79 Å². The van der Waals surface area contributed by atoms with E-state index in [2.05, 4.69) is 5.32 Å². The lowest BCUT2D eigenvalue weighted by molar-refractivity contribution is -0.131. The van der Waals surface area contributed by atoms with Crippen molar-refractivity contribution in [1.82, 2.24) is 10.2 Å². The van der Waals surface area contributed by atoms with E-state index in [1.165, 1.54) is 0 Å².